The number of benzene rings is 1. The van der Waals surface area contributed by atoms with Gasteiger partial charge in [-0.15, -0.1) is 0 Å². The molecule has 160 valence electrons. The molecule has 4 aromatic rings. The Kier molecular flexibility index (Phi) is 4.78. The number of carboxylic acids is 1. The van der Waals surface area contributed by atoms with Gasteiger partial charge in [0, 0.05) is 41.4 Å². The number of fused-ring (bicyclic) bond motifs is 2. The summed E-state index contributed by atoms with van der Waals surface area (Å²) < 4.78 is 7.56. The molecule has 0 amide bonds. The molecule has 0 spiro atoms. The van der Waals surface area contributed by atoms with Gasteiger partial charge < -0.3 is 19.4 Å². The van der Waals surface area contributed by atoms with E-state index in [1.165, 1.54) is 0 Å². The van der Waals surface area contributed by atoms with E-state index in [9.17, 15) is 9.90 Å². The maximum absolute atomic E-state index is 12.2. The molecule has 0 radical (unpaired) electrons. The van der Waals surface area contributed by atoms with Gasteiger partial charge in [0.2, 0.25) is 0 Å². The third kappa shape index (κ3) is 3.39. The van der Waals surface area contributed by atoms with Crippen LogP contribution in [-0.4, -0.2) is 43.8 Å². The fraction of sp³-hybridized carbons (Fsp3) is 0.375. The Morgan fingerprint density at radius 2 is 1.97 bits per heavy atom. The average Bonchev–Trinajstić information content (AvgIpc) is 3.27. The smallest absolute Gasteiger partial charge is 0.338 e. The van der Waals surface area contributed by atoms with E-state index in [-0.39, 0.29) is 5.92 Å². The number of hydrogen-bond donors (Lipinski definition) is 2. The quantitative estimate of drug-likeness (QED) is 0.510. The molecule has 7 heteroatoms. The zero-order valence-electron chi connectivity index (χ0n) is 18.0. The van der Waals surface area contributed by atoms with E-state index in [0.717, 1.165) is 63.2 Å². The minimum absolute atomic E-state index is 0.186. The molecule has 3 aromatic heterocycles. The lowest BCUT2D eigenvalue weighted by Gasteiger charge is -2.21. The van der Waals surface area contributed by atoms with Crippen LogP contribution in [0.1, 0.15) is 57.5 Å². The first-order valence-electron chi connectivity index (χ1n) is 10.7. The van der Waals surface area contributed by atoms with E-state index in [1.54, 1.807) is 0 Å². The summed E-state index contributed by atoms with van der Waals surface area (Å²) in [6, 6.07) is 8.07. The SMILES string of the molecule is Cc1cc(C)c2nc(C)n(Cc3ccc4[nH]c(C5CCOCC5)c(C(=O)O)c4c3)c2n1. The molecule has 1 aliphatic heterocycles. The molecule has 1 saturated heterocycles. The number of aryl methyl sites for hydroxylation is 3. The van der Waals surface area contributed by atoms with Gasteiger partial charge in [0.1, 0.15) is 11.3 Å². The van der Waals surface area contributed by atoms with E-state index in [4.69, 9.17) is 14.7 Å². The molecular formula is C24H26N4O3. The normalized spacial score (nSPS) is 15.2. The van der Waals surface area contributed by atoms with Gasteiger partial charge in [0.05, 0.1) is 12.1 Å². The standard InChI is InChI=1S/C24H26N4O3/c1-13-10-14(2)25-23-21(13)26-15(3)28(23)12-16-4-5-19-18(11-16)20(24(29)30)22(27-19)17-6-8-31-9-7-17/h4-5,10-11,17,27H,6-9,12H2,1-3H3,(H,29,30). The number of pyridine rings is 1. The fourth-order valence-corrected chi connectivity index (χ4v) is 4.77. The van der Waals surface area contributed by atoms with Crippen LogP contribution >= 0.6 is 0 Å². The summed E-state index contributed by atoms with van der Waals surface area (Å²) in [7, 11) is 0. The van der Waals surface area contributed by atoms with Crippen molar-refractivity contribution in [3.8, 4) is 0 Å². The van der Waals surface area contributed by atoms with Crippen LogP contribution in [0.3, 0.4) is 0 Å². The van der Waals surface area contributed by atoms with Crippen LogP contribution < -0.4 is 0 Å². The number of carbonyl (C=O) groups is 1. The highest BCUT2D eigenvalue weighted by molar-refractivity contribution is 6.05. The molecule has 5 rings (SSSR count). The molecule has 0 saturated carbocycles. The van der Waals surface area contributed by atoms with E-state index >= 15 is 0 Å². The summed E-state index contributed by atoms with van der Waals surface area (Å²) in [6.07, 6.45) is 1.68. The van der Waals surface area contributed by atoms with Crippen molar-refractivity contribution in [2.45, 2.75) is 46.1 Å². The van der Waals surface area contributed by atoms with Gasteiger partial charge in [-0.1, -0.05) is 6.07 Å². The molecule has 1 fully saturated rings. The summed E-state index contributed by atoms with van der Waals surface area (Å²) in [5.41, 5.74) is 6.95. The van der Waals surface area contributed by atoms with E-state index in [2.05, 4.69) is 16.5 Å². The first-order chi connectivity index (χ1) is 14.9. The highest BCUT2D eigenvalue weighted by atomic mass is 16.5. The molecule has 4 heterocycles. The minimum atomic E-state index is -0.887. The van der Waals surface area contributed by atoms with Gasteiger partial charge in [-0.25, -0.2) is 14.8 Å². The van der Waals surface area contributed by atoms with Crippen molar-refractivity contribution in [3.05, 3.63) is 58.2 Å². The number of carboxylic acid groups (broad SMARTS) is 1. The van der Waals surface area contributed by atoms with Crippen molar-refractivity contribution in [1.29, 1.82) is 0 Å². The first-order valence-corrected chi connectivity index (χ1v) is 10.7. The van der Waals surface area contributed by atoms with Crippen LogP contribution in [0.25, 0.3) is 22.1 Å². The molecule has 0 atom stereocenters. The highest BCUT2D eigenvalue weighted by Crippen LogP contribution is 2.34. The van der Waals surface area contributed by atoms with Crippen LogP contribution in [0.2, 0.25) is 0 Å². The molecule has 0 unspecified atom stereocenters. The van der Waals surface area contributed by atoms with Gasteiger partial charge in [-0.05, 0) is 62.9 Å². The number of imidazole rings is 1. The Bertz CT molecular complexity index is 1310. The number of aromatic amines is 1. The molecule has 0 bridgehead atoms. The summed E-state index contributed by atoms with van der Waals surface area (Å²) >= 11 is 0. The number of aromatic carboxylic acids is 1. The van der Waals surface area contributed by atoms with Crippen LogP contribution in [-0.2, 0) is 11.3 Å². The minimum Gasteiger partial charge on any atom is -0.478 e. The molecule has 2 N–H and O–H groups in total. The predicted octanol–water partition coefficient (Wildman–Crippen LogP) is 4.48. The van der Waals surface area contributed by atoms with E-state index in [1.807, 2.05) is 38.1 Å². The van der Waals surface area contributed by atoms with Crippen LogP contribution in [0, 0.1) is 20.8 Å². The van der Waals surface area contributed by atoms with Gasteiger partial charge in [-0.3, -0.25) is 0 Å². The van der Waals surface area contributed by atoms with Crippen molar-refractivity contribution in [2.75, 3.05) is 13.2 Å². The summed E-state index contributed by atoms with van der Waals surface area (Å²) in [6.45, 7) is 7.95. The Hall–Kier alpha value is -3.19. The van der Waals surface area contributed by atoms with E-state index < -0.39 is 5.97 Å². The number of aromatic nitrogens is 4. The molecule has 1 aromatic carbocycles. The Balaban J connectivity index is 1.59. The second kappa shape index (κ2) is 7.50. The first kappa shape index (κ1) is 19.8. The van der Waals surface area contributed by atoms with Crippen molar-refractivity contribution in [1.82, 2.24) is 19.5 Å². The topological polar surface area (TPSA) is 93.0 Å². The number of H-pyrrole nitrogens is 1. The lowest BCUT2D eigenvalue weighted by atomic mass is 9.93. The maximum Gasteiger partial charge on any atom is 0.338 e. The monoisotopic (exact) mass is 418 g/mol. The number of rotatable bonds is 4. The van der Waals surface area contributed by atoms with Crippen molar-refractivity contribution >= 4 is 28.0 Å². The van der Waals surface area contributed by atoms with Gasteiger partial charge in [0.15, 0.2) is 5.65 Å². The third-order valence-electron chi connectivity index (χ3n) is 6.29. The van der Waals surface area contributed by atoms with Crippen LogP contribution in [0.4, 0.5) is 0 Å². The number of nitrogens with zero attached hydrogens (tertiary/aromatic N) is 3. The van der Waals surface area contributed by atoms with Crippen molar-refractivity contribution in [3.63, 3.8) is 0 Å². The van der Waals surface area contributed by atoms with Gasteiger partial charge in [-0.2, -0.15) is 0 Å². The Labute approximate surface area is 180 Å². The lowest BCUT2D eigenvalue weighted by molar-refractivity contribution is 0.0686. The third-order valence-corrected chi connectivity index (χ3v) is 6.29. The zero-order chi connectivity index (χ0) is 21.7. The van der Waals surface area contributed by atoms with Crippen molar-refractivity contribution in [2.24, 2.45) is 0 Å². The highest BCUT2D eigenvalue weighted by Gasteiger charge is 2.26. The van der Waals surface area contributed by atoms with Gasteiger partial charge in [0.25, 0.3) is 0 Å². The molecule has 7 nitrogen and oxygen atoms in total. The summed E-state index contributed by atoms with van der Waals surface area (Å²) in [5, 5.41) is 10.8. The average molecular weight is 418 g/mol. The van der Waals surface area contributed by atoms with E-state index in [0.29, 0.717) is 25.3 Å². The van der Waals surface area contributed by atoms with Crippen LogP contribution in [0.15, 0.2) is 24.3 Å². The fourth-order valence-electron chi connectivity index (χ4n) is 4.77. The molecule has 0 aliphatic carbocycles. The molecule has 1 aliphatic rings. The van der Waals surface area contributed by atoms with Gasteiger partial charge >= 0.3 is 5.97 Å². The van der Waals surface area contributed by atoms with Crippen molar-refractivity contribution < 1.29 is 14.6 Å². The molecule has 31 heavy (non-hydrogen) atoms. The Morgan fingerprint density at radius 1 is 1.19 bits per heavy atom. The molecular weight excluding hydrogens is 392 g/mol. The number of hydrogen-bond acceptors (Lipinski definition) is 4. The lowest BCUT2D eigenvalue weighted by Crippen LogP contribution is -2.16. The summed E-state index contributed by atoms with van der Waals surface area (Å²) in [5.74, 6) is 0.194. The zero-order valence-corrected chi connectivity index (χ0v) is 18.0. The largest absolute Gasteiger partial charge is 0.478 e. The number of ether oxygens (including phenoxy) is 1. The summed E-state index contributed by atoms with van der Waals surface area (Å²) in [4.78, 5) is 25.0. The number of nitrogens with one attached hydrogen (secondary N) is 1. The predicted molar refractivity (Wildman–Crippen MR) is 119 cm³/mol. The second-order valence-electron chi connectivity index (χ2n) is 8.48. The Morgan fingerprint density at radius 3 is 2.71 bits per heavy atom. The maximum atomic E-state index is 12.2. The second-order valence-corrected chi connectivity index (χ2v) is 8.48. The van der Waals surface area contributed by atoms with Crippen LogP contribution in [0.5, 0.6) is 0 Å².